The lowest BCUT2D eigenvalue weighted by Gasteiger charge is -2.24. The zero-order valence-electron chi connectivity index (χ0n) is 13.2. The van der Waals surface area contributed by atoms with E-state index < -0.39 is 0 Å². The third-order valence-electron chi connectivity index (χ3n) is 4.75. The lowest BCUT2D eigenvalue weighted by Crippen LogP contribution is -2.47. The van der Waals surface area contributed by atoms with Crippen molar-refractivity contribution in [3.8, 4) is 0 Å². The molecule has 7 heteroatoms. The SMILES string of the molecule is CC1CC(CN)CN1C(=O)C1CC(c2ccc(Cl)cc2)NN1.Cl. The third-order valence-corrected chi connectivity index (χ3v) is 5.00. The van der Waals surface area contributed by atoms with Crippen LogP contribution in [0.25, 0.3) is 0 Å². The van der Waals surface area contributed by atoms with Gasteiger partial charge in [-0.15, -0.1) is 12.4 Å². The summed E-state index contributed by atoms with van der Waals surface area (Å²) in [5, 5.41) is 0.723. The molecule has 0 aromatic heterocycles. The average molecular weight is 359 g/mol. The van der Waals surface area contributed by atoms with Crippen molar-refractivity contribution in [1.29, 1.82) is 0 Å². The predicted octanol–water partition coefficient (Wildman–Crippen LogP) is 1.87. The monoisotopic (exact) mass is 358 g/mol. The van der Waals surface area contributed by atoms with E-state index in [0.29, 0.717) is 12.5 Å². The lowest BCUT2D eigenvalue weighted by molar-refractivity contribution is -0.133. The van der Waals surface area contributed by atoms with Gasteiger partial charge in [0.1, 0.15) is 6.04 Å². The van der Waals surface area contributed by atoms with E-state index in [1.807, 2.05) is 29.2 Å². The Morgan fingerprint density at radius 2 is 2.00 bits per heavy atom. The molecule has 0 spiro atoms. The van der Waals surface area contributed by atoms with Gasteiger partial charge in [0, 0.05) is 23.7 Å². The van der Waals surface area contributed by atoms with Gasteiger partial charge in [-0.1, -0.05) is 23.7 Å². The quantitative estimate of drug-likeness (QED) is 0.771. The van der Waals surface area contributed by atoms with Crippen LogP contribution in [0.15, 0.2) is 24.3 Å². The fourth-order valence-corrected chi connectivity index (χ4v) is 3.58. The van der Waals surface area contributed by atoms with Crippen LogP contribution >= 0.6 is 24.0 Å². The molecule has 0 radical (unpaired) electrons. The topological polar surface area (TPSA) is 70.4 Å². The Labute approximate surface area is 148 Å². The number of hydrazine groups is 1. The molecule has 0 aliphatic carbocycles. The number of nitrogens with two attached hydrogens (primary N) is 1. The smallest absolute Gasteiger partial charge is 0.241 e. The number of nitrogens with zero attached hydrogens (tertiary/aromatic N) is 1. The first-order valence-corrected chi connectivity index (χ1v) is 8.23. The fourth-order valence-electron chi connectivity index (χ4n) is 3.45. The van der Waals surface area contributed by atoms with Gasteiger partial charge in [-0.2, -0.15) is 0 Å². The Kier molecular flexibility index (Phi) is 6.28. The number of carbonyl (C=O) groups is 1. The zero-order valence-corrected chi connectivity index (χ0v) is 14.7. The molecule has 1 aromatic carbocycles. The Morgan fingerprint density at radius 3 is 2.61 bits per heavy atom. The molecule has 2 aliphatic heterocycles. The third kappa shape index (κ3) is 3.98. The Hall–Kier alpha value is -0.850. The van der Waals surface area contributed by atoms with Crippen molar-refractivity contribution in [2.24, 2.45) is 11.7 Å². The van der Waals surface area contributed by atoms with Gasteiger partial charge in [-0.05, 0) is 49.9 Å². The molecule has 2 saturated heterocycles. The van der Waals surface area contributed by atoms with E-state index in [-0.39, 0.29) is 36.4 Å². The summed E-state index contributed by atoms with van der Waals surface area (Å²) in [5.41, 5.74) is 13.3. The van der Waals surface area contributed by atoms with Gasteiger partial charge in [0.05, 0.1) is 0 Å². The molecule has 1 amide bonds. The number of amides is 1. The number of hydrogen-bond acceptors (Lipinski definition) is 4. The molecule has 128 valence electrons. The standard InChI is InChI=1S/C16H23ClN4O.ClH/c1-10-6-11(8-18)9-21(10)16(22)15-7-14(19-20-15)12-2-4-13(17)5-3-12;/h2-5,10-11,14-15,19-20H,6-9,18H2,1H3;1H. The summed E-state index contributed by atoms with van der Waals surface area (Å²) in [6.45, 7) is 3.53. The molecule has 2 heterocycles. The summed E-state index contributed by atoms with van der Waals surface area (Å²) in [7, 11) is 0. The fraction of sp³-hybridized carbons (Fsp3) is 0.562. The highest BCUT2D eigenvalue weighted by atomic mass is 35.5. The van der Waals surface area contributed by atoms with Gasteiger partial charge in [-0.3, -0.25) is 4.79 Å². The van der Waals surface area contributed by atoms with E-state index in [1.165, 1.54) is 0 Å². The molecule has 2 fully saturated rings. The van der Waals surface area contributed by atoms with Crippen LogP contribution in [0.5, 0.6) is 0 Å². The minimum atomic E-state index is -0.181. The molecular formula is C16H24Cl2N4O. The molecule has 1 aromatic rings. The molecule has 4 N–H and O–H groups in total. The maximum atomic E-state index is 12.7. The number of halogens is 2. The van der Waals surface area contributed by atoms with Crippen LogP contribution < -0.4 is 16.6 Å². The van der Waals surface area contributed by atoms with Crippen LogP contribution in [0.2, 0.25) is 5.02 Å². The van der Waals surface area contributed by atoms with Crippen LogP contribution in [0, 0.1) is 5.92 Å². The summed E-state index contributed by atoms with van der Waals surface area (Å²) < 4.78 is 0. The average Bonchev–Trinajstić information content (AvgIpc) is 3.14. The molecule has 23 heavy (non-hydrogen) atoms. The number of carbonyl (C=O) groups excluding carboxylic acids is 1. The van der Waals surface area contributed by atoms with Gasteiger partial charge in [0.15, 0.2) is 0 Å². The molecule has 5 nitrogen and oxygen atoms in total. The second-order valence-corrected chi connectivity index (χ2v) is 6.79. The summed E-state index contributed by atoms with van der Waals surface area (Å²) in [4.78, 5) is 14.7. The Balaban J connectivity index is 0.00000192. The second kappa shape index (κ2) is 7.81. The van der Waals surface area contributed by atoms with Crippen LogP contribution in [0.3, 0.4) is 0 Å². The maximum Gasteiger partial charge on any atom is 0.241 e. The van der Waals surface area contributed by atoms with Crippen LogP contribution in [-0.4, -0.2) is 36.0 Å². The minimum Gasteiger partial charge on any atom is -0.338 e. The largest absolute Gasteiger partial charge is 0.338 e. The first kappa shape index (κ1) is 18.5. The molecule has 2 aliphatic rings. The summed E-state index contributed by atoms with van der Waals surface area (Å²) >= 11 is 5.92. The number of likely N-dealkylation sites (tertiary alicyclic amines) is 1. The van der Waals surface area contributed by atoms with E-state index in [1.54, 1.807) is 0 Å². The van der Waals surface area contributed by atoms with Crippen molar-refractivity contribution in [3.63, 3.8) is 0 Å². The first-order valence-electron chi connectivity index (χ1n) is 7.85. The van der Waals surface area contributed by atoms with E-state index >= 15 is 0 Å². The second-order valence-electron chi connectivity index (χ2n) is 6.36. The van der Waals surface area contributed by atoms with Crippen molar-refractivity contribution in [3.05, 3.63) is 34.9 Å². The summed E-state index contributed by atoms with van der Waals surface area (Å²) in [6, 6.07) is 7.98. The number of nitrogens with one attached hydrogen (secondary N) is 2. The van der Waals surface area contributed by atoms with Crippen molar-refractivity contribution in [2.45, 2.75) is 37.9 Å². The lowest BCUT2D eigenvalue weighted by atomic mass is 10.0. The molecule has 4 unspecified atom stereocenters. The van der Waals surface area contributed by atoms with Gasteiger partial charge >= 0.3 is 0 Å². The zero-order chi connectivity index (χ0) is 15.7. The van der Waals surface area contributed by atoms with Crippen molar-refractivity contribution in [2.75, 3.05) is 13.1 Å². The Morgan fingerprint density at radius 1 is 1.30 bits per heavy atom. The molecular weight excluding hydrogens is 335 g/mol. The van der Waals surface area contributed by atoms with E-state index in [9.17, 15) is 4.79 Å². The number of benzene rings is 1. The van der Waals surface area contributed by atoms with Crippen molar-refractivity contribution >= 4 is 29.9 Å². The number of hydrogen-bond donors (Lipinski definition) is 3. The molecule has 0 saturated carbocycles. The first-order chi connectivity index (χ1) is 10.6. The normalized spacial score (nSPS) is 30.3. The molecule has 0 bridgehead atoms. The predicted molar refractivity (Wildman–Crippen MR) is 94.5 cm³/mol. The van der Waals surface area contributed by atoms with E-state index in [4.69, 9.17) is 17.3 Å². The summed E-state index contributed by atoms with van der Waals surface area (Å²) in [5.74, 6) is 0.604. The van der Waals surface area contributed by atoms with Crippen molar-refractivity contribution < 1.29 is 4.79 Å². The van der Waals surface area contributed by atoms with Gasteiger partial charge in [0.25, 0.3) is 0 Å². The molecule has 4 atom stereocenters. The highest BCUT2D eigenvalue weighted by Crippen LogP contribution is 2.27. The van der Waals surface area contributed by atoms with Crippen LogP contribution in [0.4, 0.5) is 0 Å². The highest BCUT2D eigenvalue weighted by molar-refractivity contribution is 6.30. The number of rotatable bonds is 3. The minimum absolute atomic E-state index is 0. The van der Waals surface area contributed by atoms with Gasteiger partial charge in [0.2, 0.25) is 5.91 Å². The molecule has 3 rings (SSSR count). The summed E-state index contributed by atoms with van der Waals surface area (Å²) in [6.07, 6.45) is 1.75. The van der Waals surface area contributed by atoms with Gasteiger partial charge in [-0.25, -0.2) is 10.9 Å². The highest BCUT2D eigenvalue weighted by Gasteiger charge is 2.38. The van der Waals surface area contributed by atoms with E-state index in [2.05, 4.69) is 17.8 Å². The van der Waals surface area contributed by atoms with Crippen LogP contribution in [0.1, 0.15) is 31.4 Å². The van der Waals surface area contributed by atoms with Crippen LogP contribution in [-0.2, 0) is 4.79 Å². The van der Waals surface area contributed by atoms with Gasteiger partial charge < -0.3 is 10.6 Å². The van der Waals surface area contributed by atoms with E-state index in [0.717, 1.165) is 30.0 Å². The maximum absolute atomic E-state index is 12.7. The van der Waals surface area contributed by atoms with Crippen molar-refractivity contribution in [1.82, 2.24) is 15.8 Å². The Bertz CT molecular complexity index is 539.